The number of rotatable bonds is 4. The minimum absolute atomic E-state index is 0. The quantitative estimate of drug-likeness (QED) is 0.302. The van der Waals surface area contributed by atoms with Crippen LogP contribution in [0.25, 0.3) is 0 Å². The summed E-state index contributed by atoms with van der Waals surface area (Å²) < 4.78 is 5.18. The topological polar surface area (TPSA) is 53.9 Å². The molecule has 2 aliphatic rings. The Morgan fingerprint density at radius 1 is 1.46 bits per heavy atom. The highest BCUT2D eigenvalue weighted by molar-refractivity contribution is 14.0. The zero-order chi connectivity index (χ0) is 17.8. The standard InChI is InChI=1S/C19H26ClN3O2.HI/c1-3-25-18(24)14-7-5-9-23(12-14)19(21-2)22-17-11-16(17)13-6-4-8-15(20)10-13;/h4,6,8,10,14,16-17H,3,5,7,9,11-12H2,1-2H3,(H,21,22);1H. The van der Waals surface area contributed by atoms with Crippen LogP contribution in [0.4, 0.5) is 0 Å². The molecule has 1 saturated heterocycles. The van der Waals surface area contributed by atoms with Gasteiger partial charge in [0.1, 0.15) is 0 Å². The Kier molecular flexibility index (Phi) is 8.01. The van der Waals surface area contributed by atoms with Crippen molar-refractivity contribution in [2.24, 2.45) is 10.9 Å². The van der Waals surface area contributed by atoms with E-state index in [2.05, 4.69) is 21.3 Å². The molecule has 1 N–H and O–H groups in total. The first-order valence-corrected chi connectivity index (χ1v) is 9.40. The van der Waals surface area contributed by atoms with Crippen molar-refractivity contribution in [3.8, 4) is 0 Å². The van der Waals surface area contributed by atoms with Crippen molar-refractivity contribution in [1.29, 1.82) is 0 Å². The van der Waals surface area contributed by atoms with Crippen LogP contribution in [0.3, 0.4) is 0 Å². The fourth-order valence-corrected chi connectivity index (χ4v) is 3.74. The number of ether oxygens (including phenoxy) is 1. The van der Waals surface area contributed by atoms with Crippen LogP contribution in [0.15, 0.2) is 29.3 Å². The molecule has 1 saturated carbocycles. The summed E-state index contributed by atoms with van der Waals surface area (Å²) in [7, 11) is 1.80. The van der Waals surface area contributed by atoms with E-state index < -0.39 is 0 Å². The minimum Gasteiger partial charge on any atom is -0.466 e. The summed E-state index contributed by atoms with van der Waals surface area (Å²) in [6.07, 6.45) is 2.95. The maximum Gasteiger partial charge on any atom is 0.310 e. The van der Waals surface area contributed by atoms with Crippen LogP contribution in [0.2, 0.25) is 5.02 Å². The van der Waals surface area contributed by atoms with Crippen molar-refractivity contribution >= 4 is 47.5 Å². The van der Waals surface area contributed by atoms with Crippen molar-refractivity contribution in [3.63, 3.8) is 0 Å². The van der Waals surface area contributed by atoms with Gasteiger partial charge < -0.3 is 15.0 Å². The van der Waals surface area contributed by atoms with Gasteiger partial charge in [-0.1, -0.05) is 23.7 Å². The summed E-state index contributed by atoms with van der Waals surface area (Å²) >= 11 is 6.09. The number of esters is 1. The Labute approximate surface area is 177 Å². The average molecular weight is 492 g/mol. The lowest BCUT2D eigenvalue weighted by Gasteiger charge is -2.34. The molecule has 1 aromatic carbocycles. The van der Waals surface area contributed by atoms with Gasteiger partial charge in [-0.05, 0) is 43.9 Å². The van der Waals surface area contributed by atoms with E-state index in [9.17, 15) is 4.79 Å². The highest BCUT2D eigenvalue weighted by atomic mass is 127. The third kappa shape index (κ3) is 5.25. The highest BCUT2D eigenvalue weighted by Gasteiger charge is 2.40. The molecule has 0 spiro atoms. The predicted molar refractivity (Wildman–Crippen MR) is 115 cm³/mol. The van der Waals surface area contributed by atoms with Gasteiger partial charge in [0.25, 0.3) is 0 Å². The molecule has 3 rings (SSSR count). The van der Waals surface area contributed by atoms with Gasteiger partial charge in [-0.3, -0.25) is 9.79 Å². The Balaban J connectivity index is 0.00000243. The highest BCUT2D eigenvalue weighted by Crippen LogP contribution is 2.41. The molecule has 26 heavy (non-hydrogen) atoms. The zero-order valence-corrected chi connectivity index (χ0v) is 18.4. The molecular weight excluding hydrogens is 465 g/mol. The number of guanidine groups is 1. The van der Waals surface area contributed by atoms with Crippen LogP contribution in [0.5, 0.6) is 0 Å². The van der Waals surface area contributed by atoms with E-state index in [1.165, 1.54) is 5.56 Å². The number of hydrogen-bond acceptors (Lipinski definition) is 3. The second-order valence-electron chi connectivity index (χ2n) is 6.73. The Morgan fingerprint density at radius 2 is 2.27 bits per heavy atom. The van der Waals surface area contributed by atoms with Crippen molar-refractivity contribution in [1.82, 2.24) is 10.2 Å². The number of halogens is 2. The van der Waals surface area contributed by atoms with Crippen LogP contribution in [-0.2, 0) is 9.53 Å². The normalized spacial score (nSPS) is 25.3. The van der Waals surface area contributed by atoms with Crippen LogP contribution >= 0.6 is 35.6 Å². The van der Waals surface area contributed by atoms with Crippen molar-refractivity contribution < 1.29 is 9.53 Å². The van der Waals surface area contributed by atoms with E-state index >= 15 is 0 Å². The Bertz CT molecular complexity index is 655. The predicted octanol–water partition coefficient (Wildman–Crippen LogP) is 3.66. The smallest absolute Gasteiger partial charge is 0.310 e. The first-order chi connectivity index (χ1) is 12.1. The van der Waals surface area contributed by atoms with Gasteiger partial charge in [-0.2, -0.15) is 0 Å². The van der Waals surface area contributed by atoms with Gasteiger partial charge in [-0.25, -0.2) is 0 Å². The number of carbonyl (C=O) groups excluding carboxylic acids is 1. The second kappa shape index (κ2) is 9.78. The van der Waals surface area contributed by atoms with Gasteiger partial charge in [0.05, 0.1) is 12.5 Å². The summed E-state index contributed by atoms with van der Waals surface area (Å²) in [5, 5.41) is 4.33. The number of benzene rings is 1. The maximum absolute atomic E-state index is 12.0. The number of carbonyl (C=O) groups is 1. The first-order valence-electron chi connectivity index (χ1n) is 9.02. The first kappa shape index (κ1) is 21.3. The summed E-state index contributed by atoms with van der Waals surface area (Å²) in [5.41, 5.74) is 1.27. The molecule has 3 atom stereocenters. The van der Waals surface area contributed by atoms with Crippen LogP contribution in [-0.4, -0.2) is 49.6 Å². The second-order valence-corrected chi connectivity index (χ2v) is 7.17. The summed E-state index contributed by atoms with van der Waals surface area (Å²) in [6.45, 7) is 3.88. The molecule has 3 unspecified atom stereocenters. The third-order valence-electron chi connectivity index (χ3n) is 4.93. The van der Waals surface area contributed by atoms with Crippen molar-refractivity contribution in [3.05, 3.63) is 34.9 Å². The fraction of sp³-hybridized carbons (Fsp3) is 0.579. The Morgan fingerprint density at radius 3 is 2.96 bits per heavy atom. The van der Waals surface area contributed by atoms with Gasteiger partial charge in [0.2, 0.25) is 0 Å². The molecule has 5 nitrogen and oxygen atoms in total. The molecule has 1 aromatic rings. The van der Waals surface area contributed by atoms with Crippen molar-refractivity contribution in [2.75, 3.05) is 26.7 Å². The van der Waals surface area contributed by atoms with Gasteiger partial charge in [0, 0.05) is 37.1 Å². The van der Waals surface area contributed by atoms with E-state index in [4.69, 9.17) is 16.3 Å². The number of piperidine rings is 1. The van der Waals surface area contributed by atoms with E-state index in [0.29, 0.717) is 25.1 Å². The number of nitrogens with one attached hydrogen (secondary N) is 1. The largest absolute Gasteiger partial charge is 0.466 e. The summed E-state index contributed by atoms with van der Waals surface area (Å²) in [6, 6.07) is 8.43. The molecule has 7 heteroatoms. The van der Waals surface area contributed by atoms with Gasteiger partial charge in [0.15, 0.2) is 5.96 Å². The molecule has 0 bridgehead atoms. The molecule has 0 aromatic heterocycles. The van der Waals surface area contributed by atoms with Crippen LogP contribution in [0, 0.1) is 5.92 Å². The zero-order valence-electron chi connectivity index (χ0n) is 15.3. The SMILES string of the molecule is CCOC(=O)C1CCCN(C(=NC)NC2CC2c2cccc(Cl)c2)C1.I. The van der Waals surface area contributed by atoms with Gasteiger partial charge in [-0.15, -0.1) is 24.0 Å². The fourth-order valence-electron chi connectivity index (χ4n) is 3.55. The number of hydrogen-bond donors (Lipinski definition) is 1. The monoisotopic (exact) mass is 491 g/mol. The molecular formula is C19H27ClIN3O2. The van der Waals surface area contributed by atoms with Crippen LogP contribution in [0.1, 0.15) is 37.7 Å². The summed E-state index contributed by atoms with van der Waals surface area (Å²) in [4.78, 5) is 18.6. The molecule has 144 valence electrons. The molecule has 1 heterocycles. The number of likely N-dealkylation sites (tertiary alicyclic amines) is 1. The number of nitrogens with zero attached hydrogens (tertiary/aromatic N) is 2. The lowest BCUT2D eigenvalue weighted by atomic mass is 9.98. The molecule has 1 aliphatic carbocycles. The lowest BCUT2D eigenvalue weighted by molar-refractivity contribution is -0.149. The maximum atomic E-state index is 12.0. The molecule has 0 amide bonds. The van der Waals surface area contributed by atoms with E-state index in [1.54, 1.807) is 7.05 Å². The van der Waals surface area contributed by atoms with E-state index in [1.807, 2.05) is 25.1 Å². The summed E-state index contributed by atoms with van der Waals surface area (Å²) in [5.74, 6) is 1.20. The van der Waals surface area contributed by atoms with Crippen molar-refractivity contribution in [2.45, 2.75) is 38.1 Å². The van der Waals surface area contributed by atoms with Crippen LogP contribution < -0.4 is 5.32 Å². The minimum atomic E-state index is -0.0918. The third-order valence-corrected chi connectivity index (χ3v) is 5.17. The molecule has 0 radical (unpaired) electrons. The Hall–Kier alpha value is -1.02. The number of aliphatic imine (C=N–C) groups is 1. The van der Waals surface area contributed by atoms with Gasteiger partial charge >= 0.3 is 5.97 Å². The van der Waals surface area contributed by atoms with E-state index in [0.717, 1.165) is 36.8 Å². The molecule has 2 fully saturated rings. The van der Waals surface area contributed by atoms with E-state index in [-0.39, 0.29) is 35.9 Å². The molecule has 1 aliphatic heterocycles. The lowest BCUT2D eigenvalue weighted by Crippen LogP contribution is -2.49. The average Bonchev–Trinajstić information content (AvgIpc) is 3.39.